The molecule has 0 bridgehead atoms. The molecule has 0 atom stereocenters. The number of methoxy groups -OCH3 is 1. The Balaban J connectivity index is 1.74. The first-order valence-electron chi connectivity index (χ1n) is 7.54. The maximum atomic E-state index is 12.0. The molecule has 1 aromatic rings. The number of hydrogen-bond donors (Lipinski definition) is 2. The summed E-state index contributed by atoms with van der Waals surface area (Å²) in [6, 6.07) is 5.04. The molecule has 0 radical (unpaired) electrons. The van der Waals surface area contributed by atoms with Crippen molar-refractivity contribution < 1.29 is 14.3 Å². The molecule has 5 heteroatoms. The Morgan fingerprint density at radius 2 is 2.10 bits per heavy atom. The lowest BCUT2D eigenvalue weighted by Gasteiger charge is -2.22. The van der Waals surface area contributed by atoms with Gasteiger partial charge < -0.3 is 20.5 Å². The topological polar surface area (TPSA) is 73.6 Å². The van der Waals surface area contributed by atoms with Gasteiger partial charge in [-0.3, -0.25) is 4.79 Å². The summed E-state index contributed by atoms with van der Waals surface area (Å²) in [6.07, 6.45) is 6.45. The molecule has 5 nitrogen and oxygen atoms in total. The summed E-state index contributed by atoms with van der Waals surface area (Å²) < 4.78 is 10.8. The summed E-state index contributed by atoms with van der Waals surface area (Å²) in [4.78, 5) is 12.0. The van der Waals surface area contributed by atoms with E-state index < -0.39 is 0 Å². The van der Waals surface area contributed by atoms with Crippen molar-refractivity contribution in [3.8, 4) is 5.75 Å². The van der Waals surface area contributed by atoms with E-state index in [1.165, 1.54) is 19.3 Å². The molecule has 1 saturated carbocycles. The second kappa shape index (κ2) is 7.88. The van der Waals surface area contributed by atoms with E-state index in [1.54, 1.807) is 25.3 Å². The van der Waals surface area contributed by atoms with Crippen LogP contribution in [0.5, 0.6) is 5.75 Å². The highest BCUT2D eigenvalue weighted by Gasteiger charge is 2.14. The Labute approximate surface area is 125 Å². The van der Waals surface area contributed by atoms with E-state index in [9.17, 15) is 4.79 Å². The molecule has 0 spiro atoms. The predicted molar refractivity (Wildman–Crippen MR) is 82.6 cm³/mol. The largest absolute Gasteiger partial charge is 0.497 e. The van der Waals surface area contributed by atoms with Crippen molar-refractivity contribution in [2.24, 2.45) is 0 Å². The summed E-state index contributed by atoms with van der Waals surface area (Å²) in [7, 11) is 1.57. The van der Waals surface area contributed by atoms with Crippen LogP contribution in [0.3, 0.4) is 0 Å². The van der Waals surface area contributed by atoms with Crippen molar-refractivity contribution in [2.75, 3.05) is 26.0 Å². The molecule has 1 fully saturated rings. The molecule has 1 aromatic carbocycles. The molecule has 3 N–H and O–H groups in total. The van der Waals surface area contributed by atoms with Crippen molar-refractivity contribution >= 4 is 11.6 Å². The highest BCUT2D eigenvalue weighted by molar-refractivity contribution is 5.99. The van der Waals surface area contributed by atoms with Gasteiger partial charge in [0, 0.05) is 18.3 Å². The maximum Gasteiger partial charge on any atom is 0.253 e. The Morgan fingerprint density at radius 1 is 1.33 bits per heavy atom. The highest BCUT2D eigenvalue weighted by atomic mass is 16.5. The number of nitrogens with one attached hydrogen (secondary N) is 1. The third-order valence-corrected chi connectivity index (χ3v) is 3.80. The zero-order valence-corrected chi connectivity index (χ0v) is 12.6. The van der Waals surface area contributed by atoms with Crippen LogP contribution in [-0.4, -0.2) is 32.3 Å². The number of ether oxygens (including phenoxy) is 2. The lowest BCUT2D eigenvalue weighted by molar-refractivity contribution is 0.0299. The van der Waals surface area contributed by atoms with Gasteiger partial charge >= 0.3 is 0 Å². The zero-order valence-electron chi connectivity index (χ0n) is 12.6. The van der Waals surface area contributed by atoms with Gasteiger partial charge in [-0.1, -0.05) is 19.3 Å². The van der Waals surface area contributed by atoms with Gasteiger partial charge in [-0.05, 0) is 25.0 Å². The first-order chi connectivity index (χ1) is 10.2. The number of nitrogen functional groups attached to an aromatic ring is 1. The average molecular weight is 292 g/mol. The highest BCUT2D eigenvalue weighted by Crippen LogP contribution is 2.20. The molecule has 0 unspecified atom stereocenters. The molecular weight excluding hydrogens is 268 g/mol. The summed E-state index contributed by atoms with van der Waals surface area (Å²) in [6.45, 7) is 1.05. The molecule has 0 heterocycles. The van der Waals surface area contributed by atoms with Gasteiger partial charge in [0.1, 0.15) is 5.75 Å². The van der Waals surface area contributed by atoms with E-state index in [4.69, 9.17) is 15.2 Å². The number of anilines is 1. The third-order valence-electron chi connectivity index (χ3n) is 3.80. The van der Waals surface area contributed by atoms with Crippen molar-refractivity contribution in [1.82, 2.24) is 5.32 Å². The number of benzene rings is 1. The first kappa shape index (κ1) is 15.6. The minimum absolute atomic E-state index is 0.178. The van der Waals surface area contributed by atoms with Crippen molar-refractivity contribution in [3.63, 3.8) is 0 Å². The van der Waals surface area contributed by atoms with E-state index in [0.717, 1.165) is 12.8 Å². The van der Waals surface area contributed by atoms with Crippen LogP contribution in [0, 0.1) is 0 Å². The van der Waals surface area contributed by atoms with Gasteiger partial charge in [-0.15, -0.1) is 0 Å². The SMILES string of the molecule is COc1ccc(C(=O)NCCOC2CCCCC2)c(N)c1. The molecule has 116 valence electrons. The van der Waals surface area contributed by atoms with Crippen molar-refractivity contribution in [2.45, 2.75) is 38.2 Å². The van der Waals surface area contributed by atoms with Crippen LogP contribution in [0.2, 0.25) is 0 Å². The van der Waals surface area contributed by atoms with Crippen molar-refractivity contribution in [3.05, 3.63) is 23.8 Å². The molecular formula is C16H24N2O3. The molecule has 1 aliphatic rings. The molecule has 2 rings (SSSR count). The second-order valence-electron chi connectivity index (χ2n) is 5.34. The lowest BCUT2D eigenvalue weighted by Crippen LogP contribution is -2.29. The Hall–Kier alpha value is -1.75. The molecule has 21 heavy (non-hydrogen) atoms. The smallest absolute Gasteiger partial charge is 0.253 e. The number of carbonyl (C=O) groups excluding carboxylic acids is 1. The standard InChI is InChI=1S/C16H24N2O3/c1-20-13-7-8-14(15(17)11-13)16(19)18-9-10-21-12-5-3-2-4-6-12/h7-8,11-12H,2-6,9-10,17H2,1H3,(H,18,19). The van der Waals surface area contributed by atoms with Gasteiger partial charge in [0.05, 0.1) is 25.4 Å². The zero-order chi connectivity index (χ0) is 15.1. The quantitative estimate of drug-likeness (QED) is 0.623. The van der Waals surface area contributed by atoms with Gasteiger partial charge in [-0.2, -0.15) is 0 Å². The maximum absolute atomic E-state index is 12.0. The number of amides is 1. The van der Waals surface area contributed by atoms with Crippen LogP contribution >= 0.6 is 0 Å². The number of carbonyl (C=O) groups is 1. The molecule has 1 amide bonds. The Kier molecular flexibility index (Phi) is 5.87. The minimum atomic E-state index is -0.178. The Bertz CT molecular complexity index is 471. The molecule has 1 aliphatic carbocycles. The average Bonchev–Trinajstić information content (AvgIpc) is 2.52. The first-order valence-corrected chi connectivity index (χ1v) is 7.54. The van der Waals surface area contributed by atoms with Gasteiger partial charge in [-0.25, -0.2) is 0 Å². The van der Waals surface area contributed by atoms with Crippen molar-refractivity contribution in [1.29, 1.82) is 0 Å². The summed E-state index contributed by atoms with van der Waals surface area (Å²) in [5.74, 6) is 0.465. The fourth-order valence-electron chi connectivity index (χ4n) is 2.59. The van der Waals surface area contributed by atoms with Gasteiger partial charge in [0.2, 0.25) is 0 Å². The van der Waals surface area contributed by atoms with Crippen LogP contribution in [0.15, 0.2) is 18.2 Å². The van der Waals surface area contributed by atoms with Crippen LogP contribution in [0.4, 0.5) is 5.69 Å². The summed E-state index contributed by atoms with van der Waals surface area (Å²) in [5.41, 5.74) is 6.73. The minimum Gasteiger partial charge on any atom is -0.497 e. The van der Waals surface area contributed by atoms with E-state index in [0.29, 0.717) is 36.3 Å². The van der Waals surface area contributed by atoms with Crippen LogP contribution in [-0.2, 0) is 4.74 Å². The van der Waals surface area contributed by atoms with Crippen LogP contribution in [0.1, 0.15) is 42.5 Å². The number of hydrogen-bond acceptors (Lipinski definition) is 4. The van der Waals surface area contributed by atoms with E-state index in [1.807, 2.05) is 0 Å². The third kappa shape index (κ3) is 4.63. The monoisotopic (exact) mass is 292 g/mol. The summed E-state index contributed by atoms with van der Waals surface area (Å²) in [5, 5.41) is 2.83. The fraction of sp³-hybridized carbons (Fsp3) is 0.562. The second-order valence-corrected chi connectivity index (χ2v) is 5.34. The summed E-state index contributed by atoms with van der Waals surface area (Å²) >= 11 is 0. The van der Waals surface area contributed by atoms with E-state index in [-0.39, 0.29) is 5.91 Å². The fourth-order valence-corrected chi connectivity index (χ4v) is 2.59. The number of nitrogens with two attached hydrogens (primary N) is 1. The van der Waals surface area contributed by atoms with Crippen LogP contribution < -0.4 is 15.8 Å². The molecule has 0 aliphatic heterocycles. The number of rotatable bonds is 6. The normalized spacial score (nSPS) is 15.7. The Morgan fingerprint density at radius 3 is 2.76 bits per heavy atom. The van der Waals surface area contributed by atoms with Crippen LogP contribution in [0.25, 0.3) is 0 Å². The lowest BCUT2D eigenvalue weighted by atomic mass is 9.98. The van der Waals surface area contributed by atoms with Gasteiger partial charge in [0.15, 0.2) is 0 Å². The molecule has 0 aromatic heterocycles. The predicted octanol–water partition coefficient (Wildman–Crippen LogP) is 2.36. The van der Waals surface area contributed by atoms with E-state index in [2.05, 4.69) is 5.32 Å². The molecule has 0 saturated heterocycles. The van der Waals surface area contributed by atoms with Gasteiger partial charge in [0.25, 0.3) is 5.91 Å². The van der Waals surface area contributed by atoms with E-state index >= 15 is 0 Å².